The van der Waals surface area contributed by atoms with Gasteiger partial charge in [-0.2, -0.15) is 0 Å². The Morgan fingerprint density at radius 1 is 1.00 bits per heavy atom. The second-order valence-corrected chi connectivity index (χ2v) is 10.4. The molecule has 1 aliphatic carbocycles. The molecule has 0 bridgehead atoms. The van der Waals surface area contributed by atoms with Crippen LogP contribution in [0.4, 0.5) is 0 Å². The monoisotopic (exact) mass is 487 g/mol. The second kappa shape index (κ2) is 10.3. The topological polar surface area (TPSA) is 83.9 Å². The van der Waals surface area contributed by atoms with Gasteiger partial charge >= 0.3 is 5.97 Å². The first-order valence-corrected chi connectivity index (χ1v) is 13.0. The van der Waals surface area contributed by atoms with Gasteiger partial charge in [-0.15, -0.1) is 0 Å². The van der Waals surface area contributed by atoms with Gasteiger partial charge in [-0.05, 0) is 48.6 Å². The number of ketones is 1. The van der Waals surface area contributed by atoms with Gasteiger partial charge in [-0.1, -0.05) is 67.6 Å². The summed E-state index contributed by atoms with van der Waals surface area (Å²) in [5, 5.41) is 11.0. The van der Waals surface area contributed by atoms with Crippen molar-refractivity contribution in [2.45, 2.75) is 57.6 Å². The van der Waals surface area contributed by atoms with E-state index >= 15 is 0 Å². The molecule has 2 fully saturated rings. The second-order valence-electron chi connectivity index (χ2n) is 10.4. The largest absolute Gasteiger partial charge is 0.504 e. The van der Waals surface area contributed by atoms with Gasteiger partial charge in [0.05, 0.1) is 5.57 Å². The first-order chi connectivity index (χ1) is 17.5. The molecule has 2 aromatic carbocycles. The lowest BCUT2D eigenvalue weighted by atomic mass is 9.80. The van der Waals surface area contributed by atoms with E-state index in [-0.39, 0.29) is 35.2 Å². The maximum atomic E-state index is 13.3. The molecule has 6 nitrogen and oxygen atoms in total. The van der Waals surface area contributed by atoms with Gasteiger partial charge in [0.1, 0.15) is 0 Å². The number of ether oxygens (including phenoxy) is 1. The van der Waals surface area contributed by atoms with Crippen LogP contribution in [0.1, 0.15) is 56.1 Å². The molecule has 188 valence electrons. The number of hydrogen-bond acceptors (Lipinski definition) is 5. The Morgan fingerprint density at radius 3 is 2.31 bits per heavy atom. The molecule has 2 aliphatic heterocycles. The number of cyclic esters (lactones) is 1. The van der Waals surface area contributed by atoms with Crippen molar-refractivity contribution >= 4 is 17.7 Å². The summed E-state index contributed by atoms with van der Waals surface area (Å²) in [7, 11) is 0. The number of carbonyl (C=O) groups is 3. The summed E-state index contributed by atoms with van der Waals surface area (Å²) in [5.41, 5.74) is 2.10. The third kappa shape index (κ3) is 4.95. The van der Waals surface area contributed by atoms with Crippen molar-refractivity contribution in [2.75, 3.05) is 6.54 Å². The van der Waals surface area contributed by atoms with E-state index in [1.165, 1.54) is 0 Å². The zero-order valence-electron chi connectivity index (χ0n) is 20.6. The van der Waals surface area contributed by atoms with E-state index in [4.69, 9.17) is 4.74 Å². The van der Waals surface area contributed by atoms with E-state index < -0.39 is 23.6 Å². The van der Waals surface area contributed by atoms with Gasteiger partial charge in [-0.25, -0.2) is 4.79 Å². The van der Waals surface area contributed by atoms with E-state index in [0.29, 0.717) is 32.4 Å². The molecular formula is C30H33NO5. The number of likely N-dealkylation sites (tertiary alicyclic amines) is 1. The Bertz CT molecular complexity index is 1150. The smallest absolute Gasteiger partial charge is 0.339 e. The lowest BCUT2D eigenvalue weighted by molar-refractivity contribution is -0.158. The zero-order valence-corrected chi connectivity index (χ0v) is 20.6. The normalized spacial score (nSPS) is 24.1. The predicted molar refractivity (Wildman–Crippen MR) is 135 cm³/mol. The maximum absolute atomic E-state index is 13.3. The number of Topliss-reactive ketones (excluding diaryl/α,β-unsaturated/α-hetero) is 1. The average molecular weight is 488 g/mol. The number of amides is 1. The minimum absolute atomic E-state index is 0.0775. The van der Waals surface area contributed by atoms with Crippen LogP contribution in [0, 0.1) is 17.8 Å². The molecule has 1 N–H and O–H groups in total. The van der Waals surface area contributed by atoms with E-state index in [1.807, 2.05) is 72.5 Å². The molecule has 4 unspecified atom stereocenters. The van der Waals surface area contributed by atoms with Crippen molar-refractivity contribution in [3.05, 3.63) is 83.1 Å². The highest BCUT2D eigenvalue weighted by atomic mass is 16.6. The highest BCUT2D eigenvalue weighted by Gasteiger charge is 2.47. The van der Waals surface area contributed by atoms with Crippen LogP contribution in [-0.4, -0.2) is 40.3 Å². The molecule has 2 heterocycles. The van der Waals surface area contributed by atoms with Crippen molar-refractivity contribution in [1.82, 2.24) is 4.90 Å². The lowest BCUT2D eigenvalue weighted by Gasteiger charge is -2.32. The van der Waals surface area contributed by atoms with Crippen molar-refractivity contribution in [2.24, 2.45) is 17.8 Å². The van der Waals surface area contributed by atoms with E-state index in [1.54, 1.807) is 0 Å². The molecule has 4 atom stereocenters. The molecule has 3 aliphatic rings. The summed E-state index contributed by atoms with van der Waals surface area (Å²) in [4.78, 5) is 41.1. The van der Waals surface area contributed by atoms with Gasteiger partial charge in [-0.3, -0.25) is 9.59 Å². The molecule has 0 radical (unpaired) electrons. The number of nitrogens with zero attached hydrogens (tertiary/aromatic N) is 1. The minimum atomic E-state index is -1.01. The third-order valence-electron chi connectivity index (χ3n) is 7.86. The molecule has 2 aromatic rings. The van der Waals surface area contributed by atoms with Gasteiger partial charge in [0.2, 0.25) is 11.7 Å². The molecule has 1 saturated heterocycles. The van der Waals surface area contributed by atoms with Crippen LogP contribution in [0.3, 0.4) is 0 Å². The number of benzene rings is 2. The average Bonchev–Trinajstić information content (AvgIpc) is 3.67. The summed E-state index contributed by atoms with van der Waals surface area (Å²) in [6, 6.07) is 19.5. The van der Waals surface area contributed by atoms with Gasteiger partial charge in [0, 0.05) is 31.3 Å². The van der Waals surface area contributed by atoms with Crippen LogP contribution < -0.4 is 0 Å². The van der Waals surface area contributed by atoms with Crippen LogP contribution in [0.2, 0.25) is 0 Å². The minimum Gasteiger partial charge on any atom is -0.504 e. The fourth-order valence-corrected chi connectivity index (χ4v) is 5.85. The Labute approximate surface area is 212 Å². The first-order valence-electron chi connectivity index (χ1n) is 13.0. The fraction of sp³-hybridized carbons (Fsp3) is 0.433. The quantitative estimate of drug-likeness (QED) is 0.506. The summed E-state index contributed by atoms with van der Waals surface area (Å²) in [6.07, 6.45) is 2.51. The lowest BCUT2D eigenvalue weighted by Crippen LogP contribution is -2.42. The van der Waals surface area contributed by atoms with Crippen LogP contribution in [0.25, 0.3) is 0 Å². The molecule has 1 amide bonds. The van der Waals surface area contributed by atoms with Crippen molar-refractivity contribution in [1.29, 1.82) is 0 Å². The van der Waals surface area contributed by atoms with E-state index in [2.05, 4.69) is 0 Å². The summed E-state index contributed by atoms with van der Waals surface area (Å²) in [6.45, 7) is 3.14. The standard InChI is InChI=1S/C30H33NO5/c1-2-21(15-20-16-24(32)31(18-20)17-19-9-5-3-6-10-19)29-28(34)27(33)26(30(35)36-29)25(23-13-14-23)22-11-7-4-8-12-22/h3-12,20-21,23,25,29,33H,2,13-18H2,1H3. The molecule has 5 rings (SSSR count). The maximum Gasteiger partial charge on any atom is 0.339 e. The first kappa shape index (κ1) is 24.3. The predicted octanol–water partition coefficient (Wildman–Crippen LogP) is 4.95. The number of hydrogen-bond donors (Lipinski definition) is 1. The zero-order chi connectivity index (χ0) is 25.2. The van der Waals surface area contributed by atoms with Gasteiger partial charge in [0.15, 0.2) is 11.9 Å². The van der Waals surface area contributed by atoms with E-state index in [0.717, 1.165) is 24.0 Å². The van der Waals surface area contributed by atoms with Crippen LogP contribution in [0.5, 0.6) is 0 Å². The van der Waals surface area contributed by atoms with Crippen LogP contribution >= 0.6 is 0 Å². The van der Waals surface area contributed by atoms with Crippen molar-refractivity contribution in [3.8, 4) is 0 Å². The van der Waals surface area contributed by atoms with Crippen molar-refractivity contribution in [3.63, 3.8) is 0 Å². The number of aliphatic hydroxyl groups is 1. The number of rotatable bonds is 9. The summed E-state index contributed by atoms with van der Waals surface area (Å²) < 4.78 is 5.77. The summed E-state index contributed by atoms with van der Waals surface area (Å²) >= 11 is 0. The molecular weight excluding hydrogens is 454 g/mol. The van der Waals surface area contributed by atoms with Crippen LogP contribution in [-0.2, 0) is 25.7 Å². The Kier molecular flexibility index (Phi) is 6.95. The number of esters is 1. The Hall–Kier alpha value is -3.41. The highest BCUT2D eigenvalue weighted by Crippen LogP contribution is 2.48. The SMILES string of the molecule is CCC(CC1CC(=O)N(Cc2ccccc2)C1)C1OC(=O)C(C(c2ccccc2)C2CC2)=C(O)C1=O. The molecule has 6 heteroatoms. The number of carbonyl (C=O) groups excluding carboxylic acids is 3. The summed E-state index contributed by atoms with van der Waals surface area (Å²) in [5.74, 6) is -1.72. The number of aliphatic hydroxyl groups excluding tert-OH is 1. The fourth-order valence-electron chi connectivity index (χ4n) is 5.85. The third-order valence-corrected chi connectivity index (χ3v) is 7.86. The molecule has 1 saturated carbocycles. The molecule has 0 spiro atoms. The molecule has 36 heavy (non-hydrogen) atoms. The highest BCUT2D eigenvalue weighted by molar-refractivity contribution is 6.09. The van der Waals surface area contributed by atoms with Crippen molar-refractivity contribution < 1.29 is 24.2 Å². The Morgan fingerprint density at radius 2 is 1.67 bits per heavy atom. The van der Waals surface area contributed by atoms with E-state index in [9.17, 15) is 19.5 Å². The van der Waals surface area contributed by atoms with Crippen LogP contribution in [0.15, 0.2) is 72.0 Å². The Balaban J connectivity index is 1.30. The molecule has 0 aromatic heterocycles. The van der Waals surface area contributed by atoms with Gasteiger partial charge < -0.3 is 14.7 Å². The van der Waals surface area contributed by atoms with Gasteiger partial charge in [0.25, 0.3) is 0 Å².